The zero-order valence-electron chi connectivity index (χ0n) is 21.9. The second kappa shape index (κ2) is 14.2. The van der Waals surface area contributed by atoms with E-state index >= 15 is 0 Å². The number of nitrogens with zero attached hydrogens (tertiary/aromatic N) is 4. The first-order valence-corrected chi connectivity index (χ1v) is 12.5. The molecule has 0 aromatic heterocycles. The Hall–Kier alpha value is -4.08. The molecule has 1 aliphatic heterocycles. The highest BCUT2D eigenvalue weighted by Gasteiger charge is 2.33. The SMILES string of the molecule is CCOc1c(NCCCC(C(=O)O)N2CCN(C(=O)O)CCN(C(=O)O)CCN(C(=O)O)CC2C)c(=O)c1=O. The highest BCUT2D eigenvalue weighted by molar-refractivity contribution is 5.73. The first kappa shape index (κ1) is 31.1. The summed E-state index contributed by atoms with van der Waals surface area (Å²) < 4.78 is 5.15. The predicted molar refractivity (Wildman–Crippen MR) is 137 cm³/mol. The van der Waals surface area contributed by atoms with Crippen LogP contribution in [0.25, 0.3) is 0 Å². The van der Waals surface area contributed by atoms with Crippen LogP contribution in [0.3, 0.4) is 0 Å². The quantitative estimate of drug-likeness (QED) is 0.199. The zero-order valence-corrected chi connectivity index (χ0v) is 21.9. The number of hydrogen-bond acceptors (Lipinski definition) is 9. The molecular formula is C23H35N5O11. The van der Waals surface area contributed by atoms with E-state index < -0.39 is 47.2 Å². The van der Waals surface area contributed by atoms with Gasteiger partial charge in [0, 0.05) is 58.4 Å². The maximum absolute atomic E-state index is 12.3. The van der Waals surface area contributed by atoms with E-state index in [4.69, 9.17) is 4.74 Å². The maximum atomic E-state index is 12.3. The van der Waals surface area contributed by atoms with Crippen LogP contribution in [-0.2, 0) is 4.79 Å². The number of carbonyl (C=O) groups is 4. The van der Waals surface area contributed by atoms with Gasteiger partial charge in [-0.15, -0.1) is 0 Å². The number of amides is 3. The van der Waals surface area contributed by atoms with Crippen LogP contribution >= 0.6 is 0 Å². The van der Waals surface area contributed by atoms with Crippen molar-refractivity contribution in [2.75, 3.05) is 64.3 Å². The van der Waals surface area contributed by atoms with Crippen LogP contribution in [0.15, 0.2) is 9.59 Å². The third kappa shape index (κ3) is 8.20. The molecule has 2 rings (SSSR count). The standard InChI is InChI=1S/C23H35N5O11/c1-3-39-19-16(17(29)18(19)30)24-6-4-5-15(20(31)32)28-12-11-26(22(35)36)8-7-25(21(33)34)9-10-27(23(37)38)13-14(28)2/h14-15,24H,3-13H2,1-2H3,(H,31,32)(H,33,34)(H,35,36)(H,37,38). The molecule has 218 valence electrons. The van der Waals surface area contributed by atoms with Gasteiger partial charge in [-0.25, -0.2) is 14.4 Å². The lowest BCUT2D eigenvalue weighted by molar-refractivity contribution is -0.144. The first-order valence-electron chi connectivity index (χ1n) is 12.5. The van der Waals surface area contributed by atoms with Crippen molar-refractivity contribution < 1.29 is 44.3 Å². The van der Waals surface area contributed by atoms with E-state index in [2.05, 4.69) is 5.32 Å². The van der Waals surface area contributed by atoms with Gasteiger partial charge in [-0.05, 0) is 26.7 Å². The predicted octanol–water partition coefficient (Wildman–Crippen LogP) is -0.0293. The normalized spacial score (nSPS) is 18.6. The van der Waals surface area contributed by atoms with Gasteiger partial charge >= 0.3 is 24.2 Å². The van der Waals surface area contributed by atoms with Gasteiger partial charge in [0.05, 0.1) is 6.61 Å². The molecule has 1 aromatic rings. The van der Waals surface area contributed by atoms with Crippen LogP contribution in [0.5, 0.6) is 5.75 Å². The lowest BCUT2D eigenvalue weighted by Crippen LogP contribution is -2.55. The Bertz CT molecular complexity index is 1100. The molecule has 1 saturated heterocycles. The summed E-state index contributed by atoms with van der Waals surface area (Å²) in [4.78, 5) is 75.3. The number of carboxylic acids is 1. The van der Waals surface area contributed by atoms with E-state index in [1.54, 1.807) is 13.8 Å². The number of anilines is 1. The van der Waals surface area contributed by atoms with Crippen LogP contribution in [0.2, 0.25) is 0 Å². The molecule has 39 heavy (non-hydrogen) atoms. The molecule has 1 aromatic carbocycles. The molecule has 2 unspecified atom stereocenters. The minimum absolute atomic E-state index is 0.0398. The number of ether oxygens (including phenoxy) is 1. The smallest absolute Gasteiger partial charge is 0.407 e. The molecular weight excluding hydrogens is 522 g/mol. The molecule has 1 fully saturated rings. The van der Waals surface area contributed by atoms with E-state index in [0.29, 0.717) is 0 Å². The lowest BCUT2D eigenvalue weighted by Gasteiger charge is -2.38. The van der Waals surface area contributed by atoms with Gasteiger partial charge in [0.1, 0.15) is 11.7 Å². The Morgan fingerprint density at radius 3 is 1.87 bits per heavy atom. The number of hydrogen-bond donors (Lipinski definition) is 5. The van der Waals surface area contributed by atoms with E-state index in [0.717, 1.165) is 14.7 Å². The number of rotatable bonds is 9. The van der Waals surface area contributed by atoms with Crippen molar-refractivity contribution in [3.63, 3.8) is 0 Å². The summed E-state index contributed by atoms with van der Waals surface area (Å²) in [7, 11) is 0. The van der Waals surface area contributed by atoms with Gasteiger partial charge < -0.3 is 45.2 Å². The molecule has 0 aliphatic carbocycles. The van der Waals surface area contributed by atoms with Crippen molar-refractivity contribution in [3.8, 4) is 5.75 Å². The van der Waals surface area contributed by atoms with Crippen LogP contribution < -0.4 is 20.9 Å². The largest absolute Gasteiger partial charge is 0.488 e. The Morgan fingerprint density at radius 1 is 0.872 bits per heavy atom. The highest BCUT2D eigenvalue weighted by Crippen LogP contribution is 2.19. The van der Waals surface area contributed by atoms with E-state index in [1.165, 1.54) is 4.90 Å². The molecule has 0 spiro atoms. The summed E-state index contributed by atoms with van der Waals surface area (Å²) >= 11 is 0. The summed E-state index contributed by atoms with van der Waals surface area (Å²) in [5, 5.41) is 41.5. The minimum Gasteiger partial charge on any atom is -0.488 e. The molecule has 0 bridgehead atoms. The van der Waals surface area contributed by atoms with Gasteiger partial charge in [-0.3, -0.25) is 19.3 Å². The fourth-order valence-corrected chi connectivity index (χ4v) is 4.45. The summed E-state index contributed by atoms with van der Waals surface area (Å²) in [6.07, 6.45) is -3.59. The van der Waals surface area contributed by atoms with Crippen molar-refractivity contribution in [1.29, 1.82) is 0 Å². The van der Waals surface area contributed by atoms with E-state index in [1.807, 2.05) is 0 Å². The zero-order chi connectivity index (χ0) is 29.3. The molecule has 16 heteroatoms. The van der Waals surface area contributed by atoms with Gasteiger partial charge in [-0.2, -0.15) is 0 Å². The van der Waals surface area contributed by atoms with Gasteiger partial charge in [0.15, 0.2) is 5.75 Å². The summed E-state index contributed by atoms with van der Waals surface area (Å²) in [5.41, 5.74) is -1.40. The third-order valence-electron chi connectivity index (χ3n) is 6.57. The topological polar surface area (TPSA) is 218 Å². The average molecular weight is 558 g/mol. The number of nitrogens with one attached hydrogen (secondary N) is 1. The van der Waals surface area contributed by atoms with Crippen LogP contribution in [-0.4, -0.2) is 135 Å². The first-order chi connectivity index (χ1) is 18.4. The molecule has 0 radical (unpaired) electrons. The Labute approximate surface area is 223 Å². The molecule has 0 saturated carbocycles. The molecule has 1 aliphatic rings. The van der Waals surface area contributed by atoms with Crippen molar-refractivity contribution in [2.24, 2.45) is 0 Å². The van der Waals surface area contributed by atoms with Gasteiger partial charge in [-0.1, -0.05) is 0 Å². The molecule has 16 nitrogen and oxygen atoms in total. The minimum atomic E-state index is -1.31. The van der Waals surface area contributed by atoms with Crippen molar-refractivity contribution in [1.82, 2.24) is 19.6 Å². The molecule has 1 heterocycles. The second-order valence-electron chi connectivity index (χ2n) is 9.07. The number of aliphatic carboxylic acids is 1. The Kier molecular flexibility index (Phi) is 11.3. The van der Waals surface area contributed by atoms with E-state index in [9.17, 15) is 49.2 Å². The summed E-state index contributed by atoms with van der Waals surface area (Å²) in [6, 6.07) is -1.78. The monoisotopic (exact) mass is 557 g/mol. The van der Waals surface area contributed by atoms with Crippen LogP contribution in [0.1, 0.15) is 26.7 Å². The molecule has 3 amide bonds. The maximum Gasteiger partial charge on any atom is 0.407 e. The molecule has 5 N–H and O–H groups in total. The van der Waals surface area contributed by atoms with Crippen molar-refractivity contribution in [3.05, 3.63) is 20.4 Å². The second-order valence-corrected chi connectivity index (χ2v) is 9.07. The summed E-state index contributed by atoms with van der Waals surface area (Å²) in [6.45, 7) is 2.58. The van der Waals surface area contributed by atoms with Crippen molar-refractivity contribution >= 4 is 29.9 Å². The Morgan fingerprint density at radius 2 is 1.38 bits per heavy atom. The lowest BCUT2D eigenvalue weighted by atomic mass is 10.1. The highest BCUT2D eigenvalue weighted by atomic mass is 16.5. The molecule has 2 atom stereocenters. The fourth-order valence-electron chi connectivity index (χ4n) is 4.45. The van der Waals surface area contributed by atoms with Crippen LogP contribution in [0.4, 0.5) is 20.1 Å². The Balaban J connectivity index is 2.20. The number of carboxylic acid groups (broad SMARTS) is 4. The van der Waals surface area contributed by atoms with Crippen molar-refractivity contribution in [2.45, 2.75) is 38.8 Å². The van der Waals surface area contributed by atoms with Gasteiger partial charge in [0.2, 0.25) is 0 Å². The van der Waals surface area contributed by atoms with Crippen LogP contribution in [0, 0.1) is 0 Å². The van der Waals surface area contributed by atoms with Gasteiger partial charge in [0.25, 0.3) is 10.9 Å². The van der Waals surface area contributed by atoms with E-state index in [-0.39, 0.29) is 83.2 Å². The average Bonchev–Trinajstić information content (AvgIpc) is 2.86. The third-order valence-corrected chi connectivity index (χ3v) is 6.57. The summed E-state index contributed by atoms with van der Waals surface area (Å²) in [5.74, 6) is -1.25. The fraction of sp³-hybridized carbons (Fsp3) is 0.652.